The summed E-state index contributed by atoms with van der Waals surface area (Å²) in [5.41, 5.74) is 0.261. The van der Waals surface area contributed by atoms with Gasteiger partial charge in [0.15, 0.2) is 0 Å². The van der Waals surface area contributed by atoms with Crippen molar-refractivity contribution in [3.05, 3.63) is 48.0 Å². The minimum Gasteiger partial charge on any atom is -0.481 e. The second-order valence-corrected chi connectivity index (χ2v) is 5.96. The third-order valence-electron chi connectivity index (χ3n) is 4.43. The van der Waals surface area contributed by atoms with Crippen LogP contribution in [-0.2, 0) is 16.0 Å². The van der Waals surface area contributed by atoms with Crippen molar-refractivity contribution >= 4 is 22.6 Å². The smallest absolute Gasteiger partial charge is 0.305 e. The van der Waals surface area contributed by atoms with E-state index in [1.165, 1.54) is 0 Å². The van der Waals surface area contributed by atoms with Gasteiger partial charge in [-0.15, -0.1) is 0 Å². The molecule has 0 fully saturated rings. The summed E-state index contributed by atoms with van der Waals surface area (Å²) in [7, 11) is 0. The highest BCUT2D eigenvalue weighted by Gasteiger charge is 2.30. The number of rotatable bonds is 7. The number of hydrogen-bond donors (Lipinski definition) is 2. The molecule has 2 N–H and O–H groups in total. The van der Waals surface area contributed by atoms with Crippen LogP contribution in [0.5, 0.6) is 0 Å². The Kier molecular flexibility index (Phi) is 5.37. The molecule has 0 atom stereocenters. The van der Waals surface area contributed by atoms with Gasteiger partial charge in [0.05, 0.1) is 12.8 Å². The Morgan fingerprint density at radius 2 is 1.70 bits per heavy atom. The predicted molar refractivity (Wildman–Crippen MR) is 91.4 cm³/mol. The van der Waals surface area contributed by atoms with E-state index in [-0.39, 0.29) is 18.7 Å². The van der Waals surface area contributed by atoms with Gasteiger partial charge < -0.3 is 10.4 Å². The van der Waals surface area contributed by atoms with Gasteiger partial charge in [0, 0.05) is 5.54 Å². The zero-order valence-electron chi connectivity index (χ0n) is 13.6. The number of carboxylic acid groups (broad SMARTS) is 1. The molecule has 0 saturated heterocycles. The first-order chi connectivity index (χ1) is 11.0. The molecule has 4 nitrogen and oxygen atoms in total. The third kappa shape index (κ3) is 4.31. The Bertz CT molecular complexity index is 705. The van der Waals surface area contributed by atoms with Crippen LogP contribution in [0.3, 0.4) is 0 Å². The van der Waals surface area contributed by atoms with Crippen molar-refractivity contribution < 1.29 is 14.7 Å². The number of carbonyl (C=O) groups is 2. The summed E-state index contributed by atoms with van der Waals surface area (Å²) in [5.74, 6) is -1.02. The minimum atomic E-state index is -0.889. The van der Waals surface area contributed by atoms with Gasteiger partial charge in [-0.2, -0.15) is 0 Å². The quantitative estimate of drug-likeness (QED) is 0.821. The van der Waals surface area contributed by atoms with Crippen molar-refractivity contribution in [3.63, 3.8) is 0 Å². The first-order valence-electron chi connectivity index (χ1n) is 7.98. The molecule has 122 valence electrons. The molecule has 0 spiro atoms. The lowest BCUT2D eigenvalue weighted by Crippen LogP contribution is -2.49. The fourth-order valence-corrected chi connectivity index (χ4v) is 2.88. The van der Waals surface area contributed by atoms with Gasteiger partial charge in [-0.1, -0.05) is 56.3 Å². The molecule has 2 aromatic carbocycles. The monoisotopic (exact) mass is 313 g/mol. The number of aliphatic carboxylic acids is 1. The standard InChI is InChI=1S/C19H23NO3/c1-3-19(4-2,13-18(22)23)20-17(21)12-14-9-10-15-7-5-6-8-16(15)11-14/h5-11H,3-4,12-13H2,1-2H3,(H,20,21)(H,22,23). The maximum absolute atomic E-state index is 12.4. The van der Waals surface area contributed by atoms with Gasteiger partial charge in [0.25, 0.3) is 0 Å². The van der Waals surface area contributed by atoms with E-state index in [1.54, 1.807) is 0 Å². The van der Waals surface area contributed by atoms with Crippen molar-refractivity contribution in [2.75, 3.05) is 0 Å². The van der Waals surface area contributed by atoms with E-state index in [0.29, 0.717) is 12.8 Å². The van der Waals surface area contributed by atoms with Crippen LogP contribution in [0.25, 0.3) is 10.8 Å². The van der Waals surface area contributed by atoms with E-state index in [9.17, 15) is 9.59 Å². The maximum Gasteiger partial charge on any atom is 0.305 e. The second-order valence-electron chi connectivity index (χ2n) is 5.96. The molecule has 0 bridgehead atoms. The second kappa shape index (κ2) is 7.27. The van der Waals surface area contributed by atoms with Gasteiger partial charge in [0.2, 0.25) is 5.91 Å². The normalized spacial score (nSPS) is 11.4. The largest absolute Gasteiger partial charge is 0.481 e. The number of amides is 1. The minimum absolute atomic E-state index is 0.0521. The average Bonchev–Trinajstić information content (AvgIpc) is 2.53. The lowest BCUT2D eigenvalue weighted by Gasteiger charge is -2.31. The van der Waals surface area contributed by atoms with Crippen molar-refractivity contribution in [3.8, 4) is 0 Å². The molecule has 0 saturated carbocycles. The van der Waals surface area contributed by atoms with Crippen LogP contribution in [-0.4, -0.2) is 22.5 Å². The Morgan fingerprint density at radius 1 is 1.04 bits per heavy atom. The number of hydrogen-bond acceptors (Lipinski definition) is 2. The predicted octanol–water partition coefficient (Wildman–Crippen LogP) is 3.53. The first-order valence-corrected chi connectivity index (χ1v) is 7.98. The summed E-state index contributed by atoms with van der Waals surface area (Å²) in [4.78, 5) is 23.4. The molecule has 0 aliphatic rings. The van der Waals surface area contributed by atoms with Crippen molar-refractivity contribution in [1.82, 2.24) is 5.32 Å². The Morgan fingerprint density at radius 3 is 2.30 bits per heavy atom. The lowest BCUT2D eigenvalue weighted by atomic mass is 9.88. The summed E-state index contributed by atoms with van der Waals surface area (Å²) >= 11 is 0. The fourth-order valence-electron chi connectivity index (χ4n) is 2.88. The van der Waals surface area contributed by atoms with E-state index in [0.717, 1.165) is 16.3 Å². The summed E-state index contributed by atoms with van der Waals surface area (Å²) in [5, 5.41) is 14.3. The van der Waals surface area contributed by atoms with E-state index >= 15 is 0 Å². The lowest BCUT2D eigenvalue weighted by molar-refractivity contribution is -0.139. The highest BCUT2D eigenvalue weighted by atomic mass is 16.4. The molecule has 0 aliphatic heterocycles. The number of benzene rings is 2. The molecular formula is C19H23NO3. The van der Waals surface area contributed by atoms with E-state index in [4.69, 9.17) is 5.11 Å². The molecule has 2 rings (SSSR count). The fraction of sp³-hybridized carbons (Fsp3) is 0.368. The summed E-state index contributed by atoms with van der Waals surface area (Å²) in [6, 6.07) is 14.0. The summed E-state index contributed by atoms with van der Waals surface area (Å²) in [6.07, 6.45) is 1.40. The maximum atomic E-state index is 12.4. The summed E-state index contributed by atoms with van der Waals surface area (Å²) < 4.78 is 0. The number of carboxylic acids is 1. The van der Waals surface area contributed by atoms with E-state index in [2.05, 4.69) is 5.32 Å². The van der Waals surface area contributed by atoms with Crippen LogP contribution in [0.15, 0.2) is 42.5 Å². The highest BCUT2D eigenvalue weighted by Crippen LogP contribution is 2.21. The van der Waals surface area contributed by atoms with E-state index < -0.39 is 11.5 Å². The number of fused-ring (bicyclic) bond motifs is 1. The first kappa shape index (κ1) is 17.0. The van der Waals surface area contributed by atoms with Crippen LogP contribution in [0.1, 0.15) is 38.7 Å². The Labute approximate surface area is 136 Å². The van der Waals surface area contributed by atoms with Gasteiger partial charge in [-0.3, -0.25) is 9.59 Å². The molecule has 0 aromatic heterocycles. The third-order valence-corrected chi connectivity index (χ3v) is 4.43. The average molecular weight is 313 g/mol. The van der Waals surface area contributed by atoms with Crippen LogP contribution in [0.2, 0.25) is 0 Å². The van der Waals surface area contributed by atoms with Gasteiger partial charge in [0.1, 0.15) is 0 Å². The number of nitrogens with one attached hydrogen (secondary N) is 1. The van der Waals surface area contributed by atoms with Crippen molar-refractivity contribution in [1.29, 1.82) is 0 Å². The van der Waals surface area contributed by atoms with Crippen LogP contribution in [0, 0.1) is 0 Å². The van der Waals surface area contributed by atoms with Gasteiger partial charge in [-0.25, -0.2) is 0 Å². The molecule has 23 heavy (non-hydrogen) atoms. The molecule has 0 radical (unpaired) electrons. The van der Waals surface area contributed by atoms with Crippen LogP contribution in [0.4, 0.5) is 0 Å². The van der Waals surface area contributed by atoms with Crippen LogP contribution < -0.4 is 5.32 Å². The zero-order chi connectivity index (χ0) is 16.9. The Balaban J connectivity index is 2.11. The van der Waals surface area contributed by atoms with Crippen LogP contribution >= 0.6 is 0 Å². The number of carbonyl (C=O) groups excluding carboxylic acids is 1. The Hall–Kier alpha value is -2.36. The van der Waals surface area contributed by atoms with Crippen molar-refractivity contribution in [2.24, 2.45) is 0 Å². The topological polar surface area (TPSA) is 66.4 Å². The van der Waals surface area contributed by atoms with Crippen molar-refractivity contribution in [2.45, 2.75) is 45.1 Å². The van der Waals surface area contributed by atoms with Gasteiger partial charge in [-0.05, 0) is 29.2 Å². The molecule has 4 heteroatoms. The SMILES string of the molecule is CCC(CC)(CC(=O)O)NC(=O)Cc1ccc2ccccc2c1. The summed E-state index contributed by atoms with van der Waals surface area (Å²) in [6.45, 7) is 3.81. The molecular weight excluding hydrogens is 290 g/mol. The molecule has 0 unspecified atom stereocenters. The molecule has 0 heterocycles. The van der Waals surface area contributed by atoms with Gasteiger partial charge >= 0.3 is 5.97 Å². The molecule has 1 amide bonds. The molecule has 2 aromatic rings. The van der Waals surface area contributed by atoms with E-state index in [1.807, 2.05) is 56.3 Å². The molecule has 0 aliphatic carbocycles. The zero-order valence-corrected chi connectivity index (χ0v) is 13.6. The highest BCUT2D eigenvalue weighted by molar-refractivity contribution is 5.85.